The summed E-state index contributed by atoms with van der Waals surface area (Å²) in [5.74, 6) is 0.427. The monoisotopic (exact) mass is 227 g/mol. The lowest BCUT2D eigenvalue weighted by Gasteiger charge is -1.99. The Morgan fingerprint density at radius 3 is 2.86 bits per heavy atom. The second-order valence-corrected chi connectivity index (χ2v) is 4.42. The van der Waals surface area contributed by atoms with Crippen LogP contribution in [0, 0.1) is 0 Å². The molecule has 2 aromatic rings. The zero-order valence-electron chi connectivity index (χ0n) is 7.46. The molecule has 4 heteroatoms. The van der Waals surface area contributed by atoms with Gasteiger partial charge in [-0.3, -0.25) is 0 Å². The summed E-state index contributed by atoms with van der Waals surface area (Å²) in [6, 6.07) is 5.79. The van der Waals surface area contributed by atoms with Crippen LogP contribution in [0.5, 0.6) is 0 Å². The second-order valence-electron chi connectivity index (χ2n) is 3.02. The van der Waals surface area contributed by atoms with Crippen molar-refractivity contribution in [3.8, 4) is 0 Å². The number of benzene rings is 1. The molecule has 3 N–H and O–H groups in total. The number of rotatable bonds is 2. The van der Waals surface area contributed by atoms with Crippen LogP contribution < -0.4 is 5.73 Å². The van der Waals surface area contributed by atoms with E-state index in [1.165, 1.54) is 0 Å². The average Bonchev–Trinajstić information content (AvgIpc) is 2.55. The van der Waals surface area contributed by atoms with Gasteiger partial charge in [0.2, 0.25) is 0 Å². The topological polar surface area (TPSA) is 46.2 Å². The molecular formula is C10H10ClNOS. The van der Waals surface area contributed by atoms with Crippen LogP contribution >= 0.6 is 22.9 Å². The van der Waals surface area contributed by atoms with Crippen molar-refractivity contribution in [2.45, 2.75) is 12.5 Å². The van der Waals surface area contributed by atoms with Gasteiger partial charge in [-0.2, -0.15) is 0 Å². The van der Waals surface area contributed by atoms with Crippen molar-refractivity contribution < 1.29 is 5.11 Å². The van der Waals surface area contributed by atoms with Crippen molar-refractivity contribution in [1.29, 1.82) is 0 Å². The first-order chi connectivity index (χ1) is 6.77. The van der Waals surface area contributed by atoms with Crippen molar-refractivity contribution in [2.24, 2.45) is 0 Å². The van der Waals surface area contributed by atoms with E-state index >= 15 is 0 Å². The molecular weight excluding hydrogens is 218 g/mol. The number of hydrogen-bond donors (Lipinski definition) is 2. The van der Waals surface area contributed by atoms with Crippen LogP contribution in [0.1, 0.15) is 10.4 Å². The Morgan fingerprint density at radius 1 is 1.43 bits per heavy atom. The molecule has 1 heterocycles. The van der Waals surface area contributed by atoms with E-state index < -0.39 is 0 Å². The molecule has 0 aliphatic rings. The van der Waals surface area contributed by atoms with Gasteiger partial charge in [-0.1, -0.05) is 12.1 Å². The highest BCUT2D eigenvalue weighted by Gasteiger charge is 2.10. The molecule has 14 heavy (non-hydrogen) atoms. The van der Waals surface area contributed by atoms with Crippen molar-refractivity contribution in [2.75, 3.05) is 5.73 Å². The molecule has 0 atom stereocenters. The molecule has 2 nitrogen and oxygen atoms in total. The number of fused-ring (bicyclic) bond motifs is 1. The third-order valence-electron chi connectivity index (χ3n) is 2.21. The Balaban J connectivity index is 2.79. The number of nitrogen functional groups attached to an aromatic ring is 1. The molecule has 0 fully saturated rings. The molecule has 0 unspecified atom stereocenters. The van der Waals surface area contributed by atoms with Crippen LogP contribution in [-0.2, 0) is 12.5 Å². The van der Waals surface area contributed by atoms with Crippen molar-refractivity contribution in [3.05, 3.63) is 28.6 Å². The van der Waals surface area contributed by atoms with Gasteiger partial charge in [0, 0.05) is 15.0 Å². The molecule has 0 aliphatic heterocycles. The van der Waals surface area contributed by atoms with E-state index in [4.69, 9.17) is 22.4 Å². The SMILES string of the molecule is Nc1c(CCl)sc2cccc(CO)c12. The Labute approximate surface area is 90.9 Å². The highest BCUT2D eigenvalue weighted by atomic mass is 35.5. The summed E-state index contributed by atoms with van der Waals surface area (Å²) in [6.07, 6.45) is 0. The van der Waals surface area contributed by atoms with Crippen molar-refractivity contribution in [1.82, 2.24) is 0 Å². The van der Waals surface area contributed by atoms with Crippen LogP contribution in [0.2, 0.25) is 0 Å². The van der Waals surface area contributed by atoms with Gasteiger partial charge >= 0.3 is 0 Å². The molecule has 0 bridgehead atoms. The summed E-state index contributed by atoms with van der Waals surface area (Å²) in [7, 11) is 0. The van der Waals surface area contributed by atoms with Gasteiger partial charge in [-0.05, 0) is 11.6 Å². The smallest absolute Gasteiger partial charge is 0.0688 e. The second kappa shape index (κ2) is 3.77. The summed E-state index contributed by atoms with van der Waals surface area (Å²) in [5, 5.41) is 10.1. The van der Waals surface area contributed by atoms with Crippen molar-refractivity contribution >= 4 is 38.7 Å². The van der Waals surface area contributed by atoms with Crippen LogP contribution in [0.25, 0.3) is 10.1 Å². The van der Waals surface area contributed by atoms with E-state index in [9.17, 15) is 0 Å². The highest BCUT2D eigenvalue weighted by Crippen LogP contribution is 2.36. The minimum absolute atomic E-state index is 0.0139. The summed E-state index contributed by atoms with van der Waals surface area (Å²) >= 11 is 7.35. The minimum atomic E-state index is 0.0139. The number of thiophene rings is 1. The lowest BCUT2D eigenvalue weighted by Crippen LogP contribution is -1.90. The number of halogens is 1. The predicted molar refractivity (Wildman–Crippen MR) is 61.7 cm³/mol. The fraction of sp³-hybridized carbons (Fsp3) is 0.200. The van der Waals surface area contributed by atoms with Gasteiger partial charge in [-0.25, -0.2) is 0 Å². The molecule has 0 saturated carbocycles. The molecule has 0 aliphatic carbocycles. The van der Waals surface area contributed by atoms with Gasteiger partial charge in [0.15, 0.2) is 0 Å². The maximum Gasteiger partial charge on any atom is 0.0688 e. The highest BCUT2D eigenvalue weighted by molar-refractivity contribution is 7.20. The van der Waals surface area contributed by atoms with E-state index in [0.29, 0.717) is 11.6 Å². The molecule has 1 aromatic carbocycles. The Morgan fingerprint density at radius 2 is 2.21 bits per heavy atom. The first-order valence-corrected chi connectivity index (χ1v) is 5.58. The Kier molecular flexibility index (Phi) is 2.63. The predicted octanol–water partition coefficient (Wildman–Crippen LogP) is 2.71. The number of aliphatic hydroxyl groups is 1. The van der Waals surface area contributed by atoms with Gasteiger partial charge in [0.05, 0.1) is 18.2 Å². The lowest BCUT2D eigenvalue weighted by molar-refractivity contribution is 0.283. The molecule has 2 rings (SSSR count). The minimum Gasteiger partial charge on any atom is -0.397 e. The average molecular weight is 228 g/mol. The standard InChI is InChI=1S/C10H10ClNOS/c11-4-8-10(12)9-6(5-13)2-1-3-7(9)14-8/h1-3,13H,4-5,12H2. The fourth-order valence-corrected chi connectivity index (χ4v) is 2.85. The number of hydrogen-bond acceptors (Lipinski definition) is 3. The lowest BCUT2D eigenvalue weighted by atomic mass is 10.1. The summed E-state index contributed by atoms with van der Waals surface area (Å²) < 4.78 is 1.09. The molecule has 1 aromatic heterocycles. The summed E-state index contributed by atoms with van der Waals surface area (Å²) in [5.41, 5.74) is 7.52. The zero-order valence-corrected chi connectivity index (χ0v) is 9.03. The van der Waals surface area contributed by atoms with Crippen LogP contribution in [-0.4, -0.2) is 5.11 Å². The van der Waals surface area contributed by atoms with Crippen molar-refractivity contribution in [3.63, 3.8) is 0 Å². The first-order valence-electron chi connectivity index (χ1n) is 4.23. The molecule has 0 spiro atoms. The molecule has 0 amide bonds. The third kappa shape index (κ3) is 1.38. The van der Waals surface area contributed by atoms with Gasteiger partial charge in [0.1, 0.15) is 0 Å². The van der Waals surface area contributed by atoms with E-state index in [1.54, 1.807) is 11.3 Å². The summed E-state index contributed by atoms with van der Waals surface area (Å²) in [4.78, 5) is 0.975. The number of aliphatic hydroxyl groups excluding tert-OH is 1. The zero-order chi connectivity index (χ0) is 10.1. The Hall–Kier alpha value is -0.770. The van der Waals surface area contributed by atoms with Crippen LogP contribution in [0.3, 0.4) is 0 Å². The van der Waals surface area contributed by atoms with Gasteiger partial charge in [0.25, 0.3) is 0 Å². The van der Waals surface area contributed by atoms with Gasteiger partial charge < -0.3 is 10.8 Å². The largest absolute Gasteiger partial charge is 0.397 e. The maximum atomic E-state index is 9.16. The summed E-state index contributed by atoms with van der Waals surface area (Å²) in [6.45, 7) is 0.0139. The number of nitrogens with two attached hydrogens (primary N) is 1. The fourth-order valence-electron chi connectivity index (χ4n) is 1.53. The maximum absolute atomic E-state index is 9.16. The van der Waals surface area contributed by atoms with Gasteiger partial charge in [-0.15, -0.1) is 22.9 Å². The number of anilines is 1. The Bertz CT molecular complexity index is 466. The van der Waals surface area contributed by atoms with E-state index in [1.807, 2.05) is 18.2 Å². The quantitative estimate of drug-likeness (QED) is 0.775. The molecule has 74 valence electrons. The van der Waals surface area contributed by atoms with E-state index in [-0.39, 0.29) is 6.61 Å². The normalized spacial score (nSPS) is 11.0. The number of alkyl halides is 1. The third-order valence-corrected chi connectivity index (χ3v) is 3.80. The molecule has 0 radical (unpaired) electrons. The van der Waals surface area contributed by atoms with E-state index in [2.05, 4.69) is 0 Å². The first kappa shape index (κ1) is 9.77. The molecule has 0 saturated heterocycles. The van der Waals surface area contributed by atoms with E-state index in [0.717, 1.165) is 20.5 Å². The van der Waals surface area contributed by atoms with Crippen LogP contribution in [0.4, 0.5) is 5.69 Å². The van der Waals surface area contributed by atoms with Crippen LogP contribution in [0.15, 0.2) is 18.2 Å².